The first-order valence-electron chi connectivity index (χ1n) is 10.1. The molecule has 1 aliphatic rings. The minimum atomic E-state index is -3.86. The van der Waals surface area contributed by atoms with Crippen molar-refractivity contribution in [1.29, 1.82) is 0 Å². The highest BCUT2D eigenvalue weighted by atomic mass is 32.2. The summed E-state index contributed by atoms with van der Waals surface area (Å²) in [5, 5.41) is 4.67. The van der Waals surface area contributed by atoms with Crippen LogP contribution in [0, 0.1) is 25.5 Å². The zero-order valence-corrected chi connectivity index (χ0v) is 18.2. The van der Waals surface area contributed by atoms with Crippen molar-refractivity contribution in [3.05, 3.63) is 77.1 Å². The predicted octanol–water partition coefficient (Wildman–Crippen LogP) is 3.27. The van der Waals surface area contributed by atoms with Crippen LogP contribution in [0.25, 0.3) is 5.69 Å². The smallest absolute Gasteiger partial charge is 0.243 e. The van der Waals surface area contributed by atoms with Crippen LogP contribution >= 0.6 is 0 Å². The Balaban J connectivity index is 1.45. The van der Waals surface area contributed by atoms with Gasteiger partial charge in [0.15, 0.2) is 11.6 Å². The monoisotopic (exact) mass is 446 g/mol. The van der Waals surface area contributed by atoms with Crippen molar-refractivity contribution >= 4 is 10.0 Å². The van der Waals surface area contributed by atoms with Crippen molar-refractivity contribution in [2.45, 2.75) is 25.3 Å². The van der Waals surface area contributed by atoms with Gasteiger partial charge in [0.25, 0.3) is 0 Å². The maximum Gasteiger partial charge on any atom is 0.243 e. The van der Waals surface area contributed by atoms with Crippen LogP contribution in [-0.4, -0.2) is 53.6 Å². The molecule has 0 N–H and O–H groups in total. The Bertz CT molecular complexity index is 1190. The molecule has 0 spiro atoms. The van der Waals surface area contributed by atoms with Crippen LogP contribution in [-0.2, 0) is 16.6 Å². The van der Waals surface area contributed by atoms with Gasteiger partial charge >= 0.3 is 0 Å². The molecule has 164 valence electrons. The summed E-state index contributed by atoms with van der Waals surface area (Å²) >= 11 is 0. The van der Waals surface area contributed by atoms with Gasteiger partial charge in [0.05, 0.1) is 16.3 Å². The number of benzene rings is 2. The van der Waals surface area contributed by atoms with E-state index in [4.69, 9.17) is 0 Å². The Morgan fingerprint density at radius 2 is 1.61 bits per heavy atom. The third kappa shape index (κ3) is 4.26. The summed E-state index contributed by atoms with van der Waals surface area (Å²) in [5.41, 5.74) is 4.12. The molecule has 2 heterocycles. The Hall–Kier alpha value is -2.62. The second kappa shape index (κ2) is 8.49. The summed E-state index contributed by atoms with van der Waals surface area (Å²) in [6.07, 6.45) is 0. The van der Waals surface area contributed by atoms with Gasteiger partial charge in [-0.25, -0.2) is 21.9 Å². The van der Waals surface area contributed by atoms with Crippen molar-refractivity contribution < 1.29 is 17.2 Å². The highest BCUT2D eigenvalue weighted by Gasteiger charge is 2.29. The molecule has 9 heteroatoms. The molecule has 0 aliphatic carbocycles. The van der Waals surface area contributed by atoms with Gasteiger partial charge in [0, 0.05) is 44.0 Å². The van der Waals surface area contributed by atoms with Crippen molar-refractivity contribution in [3.63, 3.8) is 0 Å². The summed E-state index contributed by atoms with van der Waals surface area (Å²) in [6.45, 7) is 6.33. The normalized spacial score (nSPS) is 16.0. The van der Waals surface area contributed by atoms with Gasteiger partial charge in [-0.3, -0.25) is 4.90 Å². The van der Waals surface area contributed by atoms with Crippen molar-refractivity contribution in [1.82, 2.24) is 19.0 Å². The fraction of sp³-hybridized carbons (Fsp3) is 0.318. The van der Waals surface area contributed by atoms with E-state index < -0.39 is 21.7 Å². The van der Waals surface area contributed by atoms with E-state index in [1.165, 1.54) is 4.31 Å². The largest absolute Gasteiger partial charge is 0.296 e. The topological polar surface area (TPSA) is 58.4 Å². The second-order valence-corrected chi connectivity index (χ2v) is 9.59. The van der Waals surface area contributed by atoms with Crippen LogP contribution in [0.2, 0.25) is 0 Å². The number of hydrogen-bond acceptors (Lipinski definition) is 4. The summed E-state index contributed by atoms with van der Waals surface area (Å²) in [4.78, 5) is 1.96. The number of rotatable bonds is 5. The Kier molecular flexibility index (Phi) is 5.92. The summed E-state index contributed by atoms with van der Waals surface area (Å²) < 4.78 is 55.5. The van der Waals surface area contributed by atoms with E-state index in [-0.39, 0.29) is 18.0 Å². The van der Waals surface area contributed by atoms with Gasteiger partial charge in [0.2, 0.25) is 10.0 Å². The first-order chi connectivity index (χ1) is 14.8. The average Bonchev–Trinajstić information content (AvgIpc) is 3.05. The number of para-hydroxylation sites is 1. The van der Waals surface area contributed by atoms with Gasteiger partial charge < -0.3 is 0 Å². The second-order valence-electron chi connectivity index (χ2n) is 7.65. The Morgan fingerprint density at radius 3 is 2.26 bits per heavy atom. The molecule has 2 aromatic carbocycles. The molecule has 1 aromatic heterocycles. The standard InChI is InChI=1S/C22H24F2N4O2S/c1-16-20(17(2)28(25-16)18-6-4-3-5-7-18)15-26-10-12-27(13-11-26)31(29,30)19-8-9-21(23)22(24)14-19/h3-9,14H,10-13,15H2,1-2H3. The molecule has 6 nitrogen and oxygen atoms in total. The van der Waals surface area contributed by atoms with Crippen LogP contribution in [0.15, 0.2) is 53.4 Å². The molecule has 0 saturated carbocycles. The van der Waals surface area contributed by atoms with E-state index in [1.807, 2.05) is 48.9 Å². The number of piperazine rings is 1. The number of aryl methyl sites for hydroxylation is 1. The lowest BCUT2D eigenvalue weighted by molar-refractivity contribution is 0.181. The van der Waals surface area contributed by atoms with Crippen LogP contribution in [0.5, 0.6) is 0 Å². The highest BCUT2D eigenvalue weighted by Crippen LogP contribution is 2.23. The molecule has 0 unspecified atom stereocenters. The van der Waals surface area contributed by atoms with E-state index in [1.54, 1.807) is 0 Å². The molecule has 1 fully saturated rings. The molecular formula is C22H24F2N4O2S. The first kappa shape index (κ1) is 21.6. The maximum atomic E-state index is 13.5. The number of sulfonamides is 1. The number of hydrogen-bond donors (Lipinski definition) is 0. The van der Waals surface area contributed by atoms with E-state index in [9.17, 15) is 17.2 Å². The van der Waals surface area contributed by atoms with Crippen LogP contribution in [0.3, 0.4) is 0 Å². The third-order valence-electron chi connectivity index (χ3n) is 5.68. The number of halogens is 2. The third-order valence-corrected chi connectivity index (χ3v) is 7.58. The minimum absolute atomic E-state index is 0.226. The average molecular weight is 447 g/mol. The molecule has 1 saturated heterocycles. The fourth-order valence-electron chi connectivity index (χ4n) is 3.86. The highest BCUT2D eigenvalue weighted by molar-refractivity contribution is 7.89. The molecule has 0 bridgehead atoms. The SMILES string of the molecule is Cc1nn(-c2ccccc2)c(C)c1CN1CCN(S(=O)(=O)c2ccc(F)c(F)c2)CC1. The zero-order chi connectivity index (χ0) is 22.2. The van der Waals surface area contributed by atoms with E-state index in [2.05, 4.69) is 10.00 Å². The van der Waals surface area contributed by atoms with Gasteiger partial charge in [-0.2, -0.15) is 9.40 Å². The Labute approximate surface area is 180 Å². The van der Waals surface area contributed by atoms with Gasteiger partial charge in [-0.05, 0) is 44.2 Å². The fourth-order valence-corrected chi connectivity index (χ4v) is 5.30. The molecule has 0 amide bonds. The zero-order valence-electron chi connectivity index (χ0n) is 17.4. The van der Waals surface area contributed by atoms with Crippen molar-refractivity contribution in [2.75, 3.05) is 26.2 Å². The van der Waals surface area contributed by atoms with Gasteiger partial charge in [-0.15, -0.1) is 0 Å². The van der Waals surface area contributed by atoms with Crippen LogP contribution in [0.1, 0.15) is 17.0 Å². The lowest BCUT2D eigenvalue weighted by Crippen LogP contribution is -2.48. The summed E-state index contributed by atoms with van der Waals surface area (Å²) in [6, 6.07) is 12.6. The number of aromatic nitrogens is 2. The molecule has 3 aromatic rings. The van der Waals surface area contributed by atoms with E-state index >= 15 is 0 Å². The van der Waals surface area contributed by atoms with E-state index in [0.29, 0.717) is 19.6 Å². The molecule has 4 rings (SSSR count). The summed E-state index contributed by atoms with van der Waals surface area (Å²) in [5.74, 6) is -2.23. The molecule has 1 aliphatic heterocycles. The molecule has 31 heavy (non-hydrogen) atoms. The van der Waals surface area contributed by atoms with Crippen LogP contribution < -0.4 is 0 Å². The minimum Gasteiger partial charge on any atom is -0.296 e. The first-order valence-corrected chi connectivity index (χ1v) is 11.5. The lowest BCUT2D eigenvalue weighted by atomic mass is 10.1. The quantitative estimate of drug-likeness (QED) is 0.604. The molecular weight excluding hydrogens is 422 g/mol. The molecule has 0 radical (unpaired) electrons. The predicted molar refractivity (Wildman–Crippen MR) is 113 cm³/mol. The lowest BCUT2D eigenvalue weighted by Gasteiger charge is -2.34. The van der Waals surface area contributed by atoms with Gasteiger partial charge in [0.1, 0.15) is 0 Å². The maximum absolute atomic E-state index is 13.5. The number of nitrogens with zero attached hydrogens (tertiary/aromatic N) is 4. The van der Waals surface area contributed by atoms with Gasteiger partial charge in [-0.1, -0.05) is 18.2 Å². The van der Waals surface area contributed by atoms with E-state index in [0.717, 1.165) is 40.8 Å². The van der Waals surface area contributed by atoms with Crippen molar-refractivity contribution in [3.8, 4) is 5.69 Å². The summed E-state index contributed by atoms with van der Waals surface area (Å²) in [7, 11) is -3.86. The Morgan fingerprint density at radius 1 is 0.935 bits per heavy atom. The van der Waals surface area contributed by atoms with Crippen molar-refractivity contribution in [2.24, 2.45) is 0 Å². The molecule has 0 atom stereocenters. The van der Waals surface area contributed by atoms with Crippen LogP contribution in [0.4, 0.5) is 8.78 Å².